The number of primary amides is 1. The Morgan fingerprint density at radius 1 is 1.16 bits per heavy atom. The zero-order valence-corrected chi connectivity index (χ0v) is 17.5. The first-order chi connectivity index (χ1) is 14.9. The van der Waals surface area contributed by atoms with E-state index >= 15 is 0 Å². The summed E-state index contributed by atoms with van der Waals surface area (Å²) < 4.78 is 34.2. The number of hydrogen-bond acceptors (Lipinski definition) is 4. The van der Waals surface area contributed by atoms with Crippen molar-refractivity contribution in [3.63, 3.8) is 0 Å². The molecule has 1 aliphatic rings. The van der Waals surface area contributed by atoms with Crippen molar-refractivity contribution in [2.24, 2.45) is 5.73 Å². The number of halogens is 2. The molecule has 8 heteroatoms. The van der Waals surface area contributed by atoms with Gasteiger partial charge in [0, 0.05) is 19.4 Å². The normalized spacial score (nSPS) is 16.7. The predicted octanol–water partition coefficient (Wildman–Crippen LogP) is 4.90. The van der Waals surface area contributed by atoms with Gasteiger partial charge in [-0.1, -0.05) is 55.5 Å². The Labute approximate surface area is 180 Å². The van der Waals surface area contributed by atoms with E-state index in [9.17, 15) is 18.4 Å². The molecule has 0 bridgehead atoms. The fraction of sp³-hybridized carbons (Fsp3) is 0.391. The lowest BCUT2D eigenvalue weighted by Crippen LogP contribution is -2.44. The Hall–Kier alpha value is -3.16. The quantitative estimate of drug-likeness (QED) is 0.641. The van der Waals surface area contributed by atoms with Crippen molar-refractivity contribution >= 4 is 12.0 Å². The molecule has 3 rings (SSSR count). The Bertz CT molecular complexity index is 776. The van der Waals surface area contributed by atoms with Gasteiger partial charge in [-0.05, 0) is 30.5 Å². The smallest absolute Gasteiger partial charge is 0.410 e. The summed E-state index contributed by atoms with van der Waals surface area (Å²) in [5.74, 6) is -0.350. The van der Waals surface area contributed by atoms with Gasteiger partial charge >= 0.3 is 12.7 Å². The second-order valence-electron chi connectivity index (χ2n) is 7.02. The molecule has 2 amide bonds. The molecule has 2 N–H and O–H groups in total. The minimum absolute atomic E-state index is 0.0707. The highest BCUT2D eigenvalue weighted by Crippen LogP contribution is 2.30. The number of nitrogens with two attached hydrogens (primary N) is 1. The van der Waals surface area contributed by atoms with Crippen LogP contribution in [0.1, 0.15) is 44.2 Å². The number of cyclic esters (lactones) is 1. The zero-order valence-electron chi connectivity index (χ0n) is 17.5. The topological polar surface area (TPSA) is 81.9 Å². The molecule has 2 unspecified atom stereocenters. The van der Waals surface area contributed by atoms with Gasteiger partial charge < -0.3 is 20.1 Å². The molecule has 1 aliphatic heterocycles. The van der Waals surface area contributed by atoms with Crippen LogP contribution in [0.4, 0.5) is 13.6 Å². The van der Waals surface area contributed by atoms with Crippen LogP contribution in [0.2, 0.25) is 0 Å². The minimum atomic E-state index is -2.87. The Kier molecular flexibility index (Phi) is 9.74. The summed E-state index contributed by atoms with van der Waals surface area (Å²) in [6.45, 7) is -0.446. The first-order valence-electron chi connectivity index (χ1n) is 10.2. The van der Waals surface area contributed by atoms with Gasteiger partial charge in [0.05, 0.1) is 6.04 Å². The SMILES string of the molecule is CCC(c1ccc(OC(F)F)cc1)N1CCC(CCC(N)=O)OC1=O.c1ccccc1. The highest BCUT2D eigenvalue weighted by Gasteiger charge is 2.32. The lowest BCUT2D eigenvalue weighted by Gasteiger charge is -2.37. The molecule has 0 aliphatic carbocycles. The molecular formula is C23H28F2N2O4. The van der Waals surface area contributed by atoms with Gasteiger partial charge in [0.2, 0.25) is 5.91 Å². The van der Waals surface area contributed by atoms with E-state index in [1.807, 2.05) is 43.3 Å². The number of amides is 2. The number of ether oxygens (including phenoxy) is 2. The number of nitrogens with zero attached hydrogens (tertiary/aromatic N) is 1. The van der Waals surface area contributed by atoms with Crippen LogP contribution in [-0.4, -0.2) is 36.2 Å². The average molecular weight is 434 g/mol. The summed E-state index contributed by atoms with van der Waals surface area (Å²) in [5, 5.41) is 0. The first kappa shape index (κ1) is 24.1. The van der Waals surface area contributed by atoms with Crippen molar-refractivity contribution in [1.82, 2.24) is 4.90 Å². The first-order valence-corrected chi connectivity index (χ1v) is 10.2. The summed E-state index contributed by atoms with van der Waals surface area (Å²) in [5.41, 5.74) is 5.93. The molecule has 6 nitrogen and oxygen atoms in total. The molecule has 0 spiro atoms. The molecule has 2 aromatic rings. The number of rotatable bonds is 8. The lowest BCUT2D eigenvalue weighted by atomic mass is 10.0. The molecule has 0 saturated carbocycles. The summed E-state index contributed by atoms with van der Waals surface area (Å²) in [4.78, 5) is 24.7. The van der Waals surface area contributed by atoms with Crippen LogP contribution in [0.5, 0.6) is 5.75 Å². The summed E-state index contributed by atoms with van der Waals surface area (Å²) in [6, 6.07) is 18.0. The van der Waals surface area contributed by atoms with E-state index in [0.29, 0.717) is 25.8 Å². The summed E-state index contributed by atoms with van der Waals surface area (Å²) in [7, 11) is 0. The summed E-state index contributed by atoms with van der Waals surface area (Å²) >= 11 is 0. The molecule has 1 heterocycles. The van der Waals surface area contributed by atoms with E-state index in [4.69, 9.17) is 10.5 Å². The molecule has 1 saturated heterocycles. The van der Waals surface area contributed by atoms with Gasteiger partial charge in [0.1, 0.15) is 11.9 Å². The average Bonchev–Trinajstić information content (AvgIpc) is 2.76. The van der Waals surface area contributed by atoms with Gasteiger partial charge in [-0.3, -0.25) is 4.79 Å². The van der Waals surface area contributed by atoms with Crippen LogP contribution in [0, 0.1) is 0 Å². The second-order valence-corrected chi connectivity index (χ2v) is 7.02. The molecule has 2 atom stereocenters. The number of hydrogen-bond donors (Lipinski definition) is 1. The molecule has 0 radical (unpaired) electrons. The number of benzene rings is 2. The van der Waals surface area contributed by atoms with Crippen LogP contribution in [-0.2, 0) is 9.53 Å². The predicted molar refractivity (Wildman–Crippen MR) is 113 cm³/mol. The van der Waals surface area contributed by atoms with Crippen molar-refractivity contribution in [2.45, 2.75) is 51.4 Å². The Morgan fingerprint density at radius 3 is 2.19 bits per heavy atom. The van der Waals surface area contributed by atoms with Crippen molar-refractivity contribution in [1.29, 1.82) is 0 Å². The maximum absolute atomic E-state index is 12.3. The number of carbonyl (C=O) groups excluding carboxylic acids is 2. The molecule has 0 aromatic heterocycles. The Balaban J connectivity index is 0.000000488. The van der Waals surface area contributed by atoms with E-state index in [1.54, 1.807) is 17.0 Å². The van der Waals surface area contributed by atoms with Gasteiger partial charge in [0.25, 0.3) is 0 Å². The molecular weight excluding hydrogens is 406 g/mol. The second kappa shape index (κ2) is 12.5. The van der Waals surface area contributed by atoms with Crippen LogP contribution in [0.25, 0.3) is 0 Å². The van der Waals surface area contributed by atoms with Crippen LogP contribution in [0.3, 0.4) is 0 Å². The van der Waals surface area contributed by atoms with E-state index < -0.39 is 18.6 Å². The largest absolute Gasteiger partial charge is 0.446 e. The monoisotopic (exact) mass is 434 g/mol. The van der Waals surface area contributed by atoms with Gasteiger partial charge in [-0.15, -0.1) is 0 Å². The number of carbonyl (C=O) groups is 2. The Morgan fingerprint density at radius 2 is 1.74 bits per heavy atom. The highest BCUT2D eigenvalue weighted by atomic mass is 19.3. The zero-order chi connectivity index (χ0) is 22.6. The minimum Gasteiger partial charge on any atom is -0.446 e. The molecule has 168 valence electrons. The van der Waals surface area contributed by atoms with Gasteiger partial charge in [0.15, 0.2) is 0 Å². The fourth-order valence-electron chi connectivity index (χ4n) is 3.33. The third kappa shape index (κ3) is 8.24. The third-order valence-electron chi connectivity index (χ3n) is 4.83. The van der Waals surface area contributed by atoms with Crippen molar-refractivity contribution in [3.05, 3.63) is 66.2 Å². The standard InChI is InChI=1S/C17H22F2N2O4.C6H6/c1-2-14(11-3-5-12(6-4-11)24-16(18)19)21-10-9-13(25-17(21)23)7-8-15(20)22;1-2-4-6-5-3-1/h3-6,13-14,16H,2,7-10H2,1H3,(H2,20,22);1-6H. The van der Waals surface area contributed by atoms with Crippen LogP contribution >= 0.6 is 0 Å². The fourth-order valence-corrected chi connectivity index (χ4v) is 3.33. The van der Waals surface area contributed by atoms with E-state index in [1.165, 1.54) is 12.1 Å². The third-order valence-corrected chi connectivity index (χ3v) is 4.83. The van der Waals surface area contributed by atoms with E-state index in [-0.39, 0.29) is 24.3 Å². The molecule has 1 fully saturated rings. The maximum atomic E-state index is 12.3. The van der Waals surface area contributed by atoms with E-state index in [2.05, 4.69) is 4.74 Å². The van der Waals surface area contributed by atoms with Crippen LogP contribution < -0.4 is 10.5 Å². The highest BCUT2D eigenvalue weighted by molar-refractivity contribution is 5.74. The van der Waals surface area contributed by atoms with Crippen molar-refractivity contribution in [2.75, 3.05) is 6.54 Å². The van der Waals surface area contributed by atoms with Crippen LogP contribution in [0.15, 0.2) is 60.7 Å². The molecule has 2 aromatic carbocycles. The molecule has 31 heavy (non-hydrogen) atoms. The van der Waals surface area contributed by atoms with E-state index in [0.717, 1.165) is 5.56 Å². The van der Waals surface area contributed by atoms with Crippen molar-refractivity contribution < 1.29 is 27.8 Å². The van der Waals surface area contributed by atoms with Gasteiger partial charge in [-0.25, -0.2) is 4.79 Å². The van der Waals surface area contributed by atoms with Gasteiger partial charge in [-0.2, -0.15) is 8.78 Å². The number of alkyl halides is 2. The van der Waals surface area contributed by atoms with Crippen molar-refractivity contribution in [3.8, 4) is 5.75 Å². The maximum Gasteiger partial charge on any atom is 0.410 e. The summed E-state index contributed by atoms with van der Waals surface area (Å²) in [6.07, 6.45) is 1.11. The lowest BCUT2D eigenvalue weighted by molar-refractivity contribution is -0.118.